The van der Waals surface area contributed by atoms with Crippen LogP contribution in [0, 0.1) is 5.82 Å². The zero-order chi connectivity index (χ0) is 13.8. The number of likely N-dealkylation sites (N-methyl/N-ethyl adjacent to an activating group) is 1. The molecule has 102 valence electrons. The third kappa shape index (κ3) is 2.98. The minimum atomic E-state index is -0.396. The Morgan fingerprint density at radius 2 is 2.00 bits per heavy atom. The molecule has 1 saturated heterocycles. The monoisotopic (exact) mass is 264 g/mol. The predicted octanol–water partition coefficient (Wildman–Crippen LogP) is 1.57. The molecule has 2 rings (SSSR count). The number of amides is 2. The van der Waals surface area contributed by atoms with Crippen molar-refractivity contribution < 1.29 is 14.0 Å². The van der Waals surface area contributed by atoms with E-state index in [9.17, 15) is 14.0 Å². The summed E-state index contributed by atoms with van der Waals surface area (Å²) in [6.45, 7) is 0.424. The van der Waals surface area contributed by atoms with Crippen LogP contribution in [0.15, 0.2) is 24.3 Å². The van der Waals surface area contributed by atoms with E-state index in [4.69, 9.17) is 0 Å². The molecule has 0 spiro atoms. The summed E-state index contributed by atoms with van der Waals surface area (Å²) in [6, 6.07) is 4.96. The number of hydrogen-bond donors (Lipinski definition) is 1. The van der Waals surface area contributed by atoms with Gasteiger partial charge in [0.25, 0.3) is 5.91 Å². The van der Waals surface area contributed by atoms with Crippen LogP contribution in [-0.2, 0) is 4.79 Å². The van der Waals surface area contributed by atoms with Gasteiger partial charge in [0.2, 0.25) is 5.91 Å². The fourth-order valence-electron chi connectivity index (χ4n) is 2.26. The lowest BCUT2D eigenvalue weighted by Gasteiger charge is -2.22. The molecule has 1 aliphatic rings. The molecule has 2 amide bonds. The molecule has 0 saturated carbocycles. The van der Waals surface area contributed by atoms with Crippen molar-refractivity contribution in [2.75, 3.05) is 13.6 Å². The number of carbonyl (C=O) groups excluding carboxylic acids is 2. The lowest BCUT2D eigenvalue weighted by molar-refractivity contribution is -0.130. The highest BCUT2D eigenvalue weighted by molar-refractivity contribution is 6.06. The van der Waals surface area contributed by atoms with E-state index in [0.717, 1.165) is 19.3 Å². The smallest absolute Gasteiger partial charge is 0.260 e. The van der Waals surface area contributed by atoms with E-state index >= 15 is 0 Å². The number of benzene rings is 1. The molecule has 1 N–H and O–H groups in total. The second-order valence-electron chi connectivity index (χ2n) is 4.64. The van der Waals surface area contributed by atoms with Crippen molar-refractivity contribution in [1.29, 1.82) is 0 Å². The molecular weight excluding hydrogens is 247 g/mol. The average Bonchev–Trinajstić information content (AvgIpc) is 2.60. The minimum Gasteiger partial charge on any atom is -0.309 e. The van der Waals surface area contributed by atoms with E-state index in [2.05, 4.69) is 5.32 Å². The normalized spacial score (nSPS) is 20.2. The molecule has 0 aliphatic carbocycles. The number of imide groups is 1. The zero-order valence-corrected chi connectivity index (χ0v) is 10.9. The highest BCUT2D eigenvalue weighted by Gasteiger charge is 2.30. The first kappa shape index (κ1) is 13.7. The van der Waals surface area contributed by atoms with Crippen LogP contribution in [0.3, 0.4) is 0 Å². The van der Waals surface area contributed by atoms with Crippen LogP contribution >= 0.6 is 0 Å². The molecule has 1 fully saturated rings. The Balaban J connectivity index is 2.21. The molecule has 1 aliphatic heterocycles. The van der Waals surface area contributed by atoms with Gasteiger partial charge in [0.1, 0.15) is 5.82 Å². The minimum absolute atomic E-state index is 0.200. The Hall–Kier alpha value is -1.75. The summed E-state index contributed by atoms with van der Waals surface area (Å²) in [6.07, 6.45) is 2.45. The van der Waals surface area contributed by atoms with Crippen molar-refractivity contribution in [3.63, 3.8) is 0 Å². The van der Waals surface area contributed by atoms with Crippen LogP contribution in [0.25, 0.3) is 0 Å². The van der Waals surface area contributed by atoms with Gasteiger partial charge in [-0.1, -0.05) is 0 Å². The van der Waals surface area contributed by atoms with Gasteiger partial charge in [0.05, 0.1) is 6.04 Å². The Morgan fingerprint density at radius 3 is 2.63 bits per heavy atom. The van der Waals surface area contributed by atoms with Gasteiger partial charge in [-0.25, -0.2) is 4.39 Å². The van der Waals surface area contributed by atoms with Crippen LogP contribution in [0.5, 0.6) is 0 Å². The number of hydrogen-bond acceptors (Lipinski definition) is 3. The summed E-state index contributed by atoms with van der Waals surface area (Å²) in [5, 5.41) is 2.94. The van der Waals surface area contributed by atoms with Crippen LogP contribution < -0.4 is 5.32 Å². The summed E-state index contributed by atoms with van der Waals surface area (Å²) in [5.41, 5.74) is 0.339. The van der Waals surface area contributed by atoms with E-state index in [-0.39, 0.29) is 17.9 Å². The van der Waals surface area contributed by atoms with E-state index < -0.39 is 5.82 Å². The van der Waals surface area contributed by atoms with E-state index in [1.165, 1.54) is 29.2 Å². The molecule has 0 unspecified atom stereocenters. The lowest BCUT2D eigenvalue weighted by atomic mass is 10.1. The largest absolute Gasteiger partial charge is 0.309 e. The molecule has 0 aromatic heterocycles. The Labute approximate surface area is 111 Å². The maximum atomic E-state index is 12.8. The van der Waals surface area contributed by atoms with Crippen LogP contribution in [0.1, 0.15) is 29.6 Å². The number of likely N-dealkylation sites (tertiary alicyclic amines) is 1. The molecule has 0 radical (unpaired) electrons. The first-order valence-corrected chi connectivity index (χ1v) is 6.42. The summed E-state index contributed by atoms with van der Waals surface area (Å²) in [5.74, 6) is -0.951. The van der Waals surface area contributed by atoms with Crippen molar-refractivity contribution in [1.82, 2.24) is 10.2 Å². The first-order valence-electron chi connectivity index (χ1n) is 6.42. The number of carbonyl (C=O) groups is 2. The Kier molecular flexibility index (Phi) is 4.27. The van der Waals surface area contributed by atoms with Crippen molar-refractivity contribution in [2.24, 2.45) is 0 Å². The van der Waals surface area contributed by atoms with E-state index in [0.29, 0.717) is 12.1 Å². The number of halogens is 1. The molecule has 1 atom stereocenters. The molecule has 5 heteroatoms. The van der Waals surface area contributed by atoms with E-state index in [1.807, 2.05) is 0 Å². The fourth-order valence-corrected chi connectivity index (χ4v) is 2.26. The summed E-state index contributed by atoms with van der Waals surface area (Å²) in [7, 11) is 1.72. The molecule has 0 bridgehead atoms. The summed E-state index contributed by atoms with van der Waals surface area (Å²) in [4.78, 5) is 25.8. The summed E-state index contributed by atoms with van der Waals surface area (Å²) >= 11 is 0. The fraction of sp³-hybridized carbons (Fsp3) is 0.429. The number of rotatable bonds is 2. The molecular formula is C14H17FN2O2. The highest BCUT2D eigenvalue weighted by Crippen LogP contribution is 2.15. The highest BCUT2D eigenvalue weighted by atomic mass is 19.1. The van der Waals surface area contributed by atoms with Gasteiger partial charge in [0, 0.05) is 12.1 Å². The standard InChI is InChI=1S/C14H17FN2O2/c1-16-12-4-2-3-9-17(14(12)19)13(18)10-5-7-11(15)8-6-10/h5-8,12,16H,2-4,9H2,1H3/t12-/m1/s1. The maximum Gasteiger partial charge on any atom is 0.260 e. The summed E-state index contributed by atoms with van der Waals surface area (Å²) < 4.78 is 12.8. The van der Waals surface area contributed by atoms with Crippen molar-refractivity contribution in [2.45, 2.75) is 25.3 Å². The third-order valence-electron chi connectivity index (χ3n) is 3.37. The second-order valence-corrected chi connectivity index (χ2v) is 4.64. The number of nitrogens with one attached hydrogen (secondary N) is 1. The topological polar surface area (TPSA) is 49.4 Å². The predicted molar refractivity (Wildman–Crippen MR) is 69.1 cm³/mol. The van der Waals surface area contributed by atoms with Gasteiger partial charge in [-0.2, -0.15) is 0 Å². The van der Waals surface area contributed by atoms with Crippen molar-refractivity contribution in [3.8, 4) is 0 Å². The van der Waals surface area contributed by atoms with Crippen LogP contribution in [-0.4, -0.2) is 36.3 Å². The Bertz CT molecular complexity index is 473. The van der Waals surface area contributed by atoms with E-state index in [1.54, 1.807) is 7.05 Å². The van der Waals surface area contributed by atoms with Crippen molar-refractivity contribution in [3.05, 3.63) is 35.6 Å². The van der Waals surface area contributed by atoms with Gasteiger partial charge in [-0.05, 0) is 50.6 Å². The molecule has 4 nitrogen and oxygen atoms in total. The van der Waals surface area contributed by atoms with Crippen LogP contribution in [0.4, 0.5) is 4.39 Å². The van der Waals surface area contributed by atoms with Gasteiger partial charge in [-0.15, -0.1) is 0 Å². The van der Waals surface area contributed by atoms with Gasteiger partial charge >= 0.3 is 0 Å². The Morgan fingerprint density at radius 1 is 1.32 bits per heavy atom. The van der Waals surface area contributed by atoms with Gasteiger partial charge < -0.3 is 5.32 Å². The molecule has 1 heterocycles. The first-order chi connectivity index (χ1) is 9.13. The zero-order valence-electron chi connectivity index (χ0n) is 10.9. The molecule has 1 aromatic rings. The SMILES string of the molecule is CN[C@@H]1CCCCN(C(=O)c2ccc(F)cc2)C1=O. The van der Waals surface area contributed by atoms with Crippen LogP contribution in [0.2, 0.25) is 0 Å². The third-order valence-corrected chi connectivity index (χ3v) is 3.37. The molecule has 19 heavy (non-hydrogen) atoms. The van der Waals surface area contributed by atoms with Gasteiger partial charge in [-0.3, -0.25) is 14.5 Å². The van der Waals surface area contributed by atoms with Gasteiger partial charge in [0.15, 0.2) is 0 Å². The number of nitrogens with zero attached hydrogens (tertiary/aromatic N) is 1. The average molecular weight is 264 g/mol. The molecule has 1 aromatic carbocycles. The quantitative estimate of drug-likeness (QED) is 0.825. The second kappa shape index (κ2) is 5.93. The lowest BCUT2D eigenvalue weighted by Crippen LogP contribution is -2.46. The maximum absolute atomic E-state index is 12.8. The van der Waals surface area contributed by atoms with Crippen molar-refractivity contribution >= 4 is 11.8 Å².